The van der Waals surface area contributed by atoms with Crippen LogP contribution in [0.3, 0.4) is 0 Å². The van der Waals surface area contributed by atoms with Crippen molar-refractivity contribution in [2.24, 2.45) is 5.92 Å². The third kappa shape index (κ3) is 5.73. The van der Waals surface area contributed by atoms with Gasteiger partial charge in [0.1, 0.15) is 6.04 Å². The Morgan fingerprint density at radius 2 is 2.33 bits per heavy atom. The Labute approximate surface area is 112 Å². The summed E-state index contributed by atoms with van der Waals surface area (Å²) >= 11 is 1.59. The first-order chi connectivity index (χ1) is 8.63. The average molecular weight is 274 g/mol. The zero-order valence-corrected chi connectivity index (χ0v) is 11.6. The predicted molar refractivity (Wildman–Crippen MR) is 72.8 cm³/mol. The molecule has 5 nitrogen and oxygen atoms in total. The molecule has 6 heteroatoms. The third-order valence-electron chi connectivity index (χ3n) is 3.19. The van der Waals surface area contributed by atoms with E-state index >= 15 is 0 Å². The summed E-state index contributed by atoms with van der Waals surface area (Å²) in [5, 5.41) is 14.9. The summed E-state index contributed by atoms with van der Waals surface area (Å²) in [5.74, 6) is 0.213. The molecule has 0 saturated carbocycles. The number of nitrogens with one attached hydrogen (secondary N) is 2. The number of carbonyl (C=O) groups excluding carboxylic acids is 1. The van der Waals surface area contributed by atoms with Crippen LogP contribution < -0.4 is 10.6 Å². The van der Waals surface area contributed by atoms with Crippen LogP contribution in [0.1, 0.15) is 25.7 Å². The first kappa shape index (κ1) is 15.3. The molecule has 1 unspecified atom stereocenters. The Bertz CT molecular complexity index is 280. The van der Waals surface area contributed by atoms with Gasteiger partial charge in [-0.25, -0.2) is 4.79 Å². The number of amides is 1. The Kier molecular flexibility index (Phi) is 7.12. The van der Waals surface area contributed by atoms with Gasteiger partial charge in [-0.3, -0.25) is 4.79 Å². The molecule has 1 saturated heterocycles. The van der Waals surface area contributed by atoms with E-state index in [-0.39, 0.29) is 5.91 Å². The smallest absolute Gasteiger partial charge is 0.326 e. The van der Waals surface area contributed by atoms with Gasteiger partial charge in [-0.1, -0.05) is 0 Å². The van der Waals surface area contributed by atoms with Gasteiger partial charge < -0.3 is 15.7 Å². The third-order valence-corrected chi connectivity index (χ3v) is 3.83. The number of carbonyl (C=O) groups is 2. The number of hydrogen-bond donors (Lipinski definition) is 3. The highest BCUT2D eigenvalue weighted by Gasteiger charge is 2.20. The summed E-state index contributed by atoms with van der Waals surface area (Å²) in [6.45, 7) is 2.00. The van der Waals surface area contributed by atoms with Gasteiger partial charge in [-0.05, 0) is 50.3 Å². The van der Waals surface area contributed by atoms with Crippen molar-refractivity contribution in [1.82, 2.24) is 10.6 Å². The summed E-state index contributed by atoms with van der Waals surface area (Å²) in [6, 6.07) is -0.744. The minimum atomic E-state index is -0.945. The Hall–Kier alpha value is -0.750. The number of carboxylic acid groups (broad SMARTS) is 1. The Morgan fingerprint density at radius 1 is 1.56 bits per heavy atom. The van der Waals surface area contributed by atoms with Gasteiger partial charge in [0.15, 0.2) is 0 Å². The molecule has 0 bridgehead atoms. The van der Waals surface area contributed by atoms with E-state index in [9.17, 15) is 9.59 Å². The molecule has 1 rings (SSSR count). The molecule has 1 aliphatic rings. The van der Waals surface area contributed by atoms with Crippen LogP contribution in [0.4, 0.5) is 0 Å². The van der Waals surface area contributed by atoms with Gasteiger partial charge >= 0.3 is 5.97 Å². The van der Waals surface area contributed by atoms with Crippen molar-refractivity contribution in [3.8, 4) is 0 Å². The van der Waals surface area contributed by atoms with E-state index in [0.717, 1.165) is 31.7 Å². The molecule has 104 valence electrons. The van der Waals surface area contributed by atoms with Crippen LogP contribution in [0.5, 0.6) is 0 Å². The molecule has 0 aromatic heterocycles. The molecule has 1 aliphatic heterocycles. The Morgan fingerprint density at radius 3 is 2.89 bits per heavy atom. The molecule has 0 radical (unpaired) electrons. The standard InChI is InChI=1S/C12H22N2O3S/c1-18-7-5-10(12(16)17)14-11(15)3-2-9-4-6-13-8-9/h9-10,13H,2-8H2,1H3,(H,14,15)(H,16,17)/t9?,10-/m1/s1. The number of thioether (sulfide) groups is 1. The highest BCUT2D eigenvalue weighted by atomic mass is 32.2. The lowest BCUT2D eigenvalue weighted by Gasteiger charge is -2.14. The minimum absolute atomic E-state index is 0.143. The second kappa shape index (κ2) is 8.37. The summed E-state index contributed by atoms with van der Waals surface area (Å²) in [5.41, 5.74) is 0. The molecule has 2 atom stereocenters. The van der Waals surface area contributed by atoms with E-state index in [4.69, 9.17) is 5.11 Å². The highest BCUT2D eigenvalue weighted by Crippen LogP contribution is 2.14. The van der Waals surface area contributed by atoms with Crippen molar-refractivity contribution >= 4 is 23.6 Å². The van der Waals surface area contributed by atoms with Crippen LogP contribution >= 0.6 is 11.8 Å². The molecule has 18 heavy (non-hydrogen) atoms. The second-order valence-electron chi connectivity index (χ2n) is 4.64. The van der Waals surface area contributed by atoms with Gasteiger partial charge in [0.25, 0.3) is 0 Å². The van der Waals surface area contributed by atoms with E-state index in [1.165, 1.54) is 0 Å². The predicted octanol–water partition coefficient (Wildman–Crippen LogP) is 0.699. The lowest BCUT2D eigenvalue weighted by molar-refractivity contribution is -0.141. The molecular weight excluding hydrogens is 252 g/mol. The first-order valence-electron chi connectivity index (χ1n) is 6.35. The van der Waals surface area contributed by atoms with E-state index in [1.54, 1.807) is 11.8 Å². The molecule has 0 spiro atoms. The maximum atomic E-state index is 11.7. The molecule has 0 aromatic rings. The number of rotatable bonds is 8. The summed E-state index contributed by atoms with van der Waals surface area (Å²) in [6.07, 6.45) is 4.78. The summed E-state index contributed by atoms with van der Waals surface area (Å²) in [4.78, 5) is 22.6. The van der Waals surface area contributed by atoms with Crippen LogP contribution in [-0.2, 0) is 9.59 Å². The number of aliphatic carboxylic acids is 1. The number of carboxylic acids is 1. The van der Waals surface area contributed by atoms with Crippen molar-refractivity contribution in [3.63, 3.8) is 0 Å². The van der Waals surface area contributed by atoms with Gasteiger partial charge in [0.05, 0.1) is 0 Å². The fourth-order valence-corrected chi connectivity index (χ4v) is 2.53. The minimum Gasteiger partial charge on any atom is -0.480 e. The van der Waals surface area contributed by atoms with Gasteiger partial charge in [-0.15, -0.1) is 0 Å². The molecule has 3 N–H and O–H groups in total. The van der Waals surface area contributed by atoms with Crippen LogP contribution in [0.15, 0.2) is 0 Å². The summed E-state index contributed by atoms with van der Waals surface area (Å²) < 4.78 is 0. The summed E-state index contributed by atoms with van der Waals surface area (Å²) in [7, 11) is 0. The van der Waals surface area contributed by atoms with E-state index in [2.05, 4.69) is 10.6 Å². The molecule has 0 aromatic carbocycles. The van der Waals surface area contributed by atoms with Crippen LogP contribution in [0.2, 0.25) is 0 Å². The monoisotopic (exact) mass is 274 g/mol. The molecule has 0 aliphatic carbocycles. The largest absolute Gasteiger partial charge is 0.480 e. The maximum absolute atomic E-state index is 11.7. The maximum Gasteiger partial charge on any atom is 0.326 e. The van der Waals surface area contributed by atoms with Crippen molar-refractivity contribution < 1.29 is 14.7 Å². The molecular formula is C12H22N2O3S. The fourth-order valence-electron chi connectivity index (χ4n) is 2.06. The quantitative estimate of drug-likeness (QED) is 0.607. The zero-order valence-electron chi connectivity index (χ0n) is 10.8. The van der Waals surface area contributed by atoms with Gasteiger partial charge in [0.2, 0.25) is 5.91 Å². The van der Waals surface area contributed by atoms with E-state index in [0.29, 0.717) is 18.8 Å². The first-order valence-corrected chi connectivity index (χ1v) is 7.74. The van der Waals surface area contributed by atoms with Crippen LogP contribution in [0.25, 0.3) is 0 Å². The molecule has 1 heterocycles. The van der Waals surface area contributed by atoms with Crippen molar-refractivity contribution in [3.05, 3.63) is 0 Å². The van der Waals surface area contributed by atoms with Crippen molar-refractivity contribution in [2.75, 3.05) is 25.1 Å². The lowest BCUT2D eigenvalue weighted by atomic mass is 10.0. The zero-order chi connectivity index (χ0) is 13.4. The van der Waals surface area contributed by atoms with Gasteiger partial charge in [0, 0.05) is 6.42 Å². The number of hydrogen-bond acceptors (Lipinski definition) is 4. The van der Waals surface area contributed by atoms with Crippen molar-refractivity contribution in [1.29, 1.82) is 0 Å². The highest BCUT2D eigenvalue weighted by molar-refractivity contribution is 7.98. The SMILES string of the molecule is CSCC[C@@H](NC(=O)CCC1CCNC1)C(=O)O. The van der Waals surface area contributed by atoms with E-state index in [1.807, 2.05) is 6.26 Å². The van der Waals surface area contributed by atoms with Crippen molar-refractivity contribution in [2.45, 2.75) is 31.7 Å². The van der Waals surface area contributed by atoms with Crippen LogP contribution in [0, 0.1) is 5.92 Å². The normalized spacial score (nSPS) is 20.6. The molecule has 1 fully saturated rings. The Balaban J connectivity index is 2.24. The lowest BCUT2D eigenvalue weighted by Crippen LogP contribution is -2.41. The second-order valence-corrected chi connectivity index (χ2v) is 5.62. The van der Waals surface area contributed by atoms with Crippen LogP contribution in [-0.4, -0.2) is 48.1 Å². The molecule has 1 amide bonds. The van der Waals surface area contributed by atoms with E-state index < -0.39 is 12.0 Å². The fraction of sp³-hybridized carbons (Fsp3) is 0.833. The topological polar surface area (TPSA) is 78.4 Å². The van der Waals surface area contributed by atoms with Gasteiger partial charge in [-0.2, -0.15) is 11.8 Å². The average Bonchev–Trinajstić information content (AvgIpc) is 2.84.